The SMILES string of the molecule is CNCCn1nnnc1SCC1CNC(=O)O1. The number of tetrazole rings is 1. The van der Waals surface area contributed by atoms with Crippen LogP contribution in [-0.2, 0) is 11.3 Å². The molecule has 0 saturated carbocycles. The van der Waals surface area contributed by atoms with Gasteiger partial charge in [0.05, 0.1) is 13.1 Å². The van der Waals surface area contributed by atoms with Gasteiger partial charge in [0.2, 0.25) is 5.16 Å². The van der Waals surface area contributed by atoms with Crippen molar-refractivity contribution in [2.75, 3.05) is 25.9 Å². The van der Waals surface area contributed by atoms with Crippen molar-refractivity contribution in [3.63, 3.8) is 0 Å². The zero-order chi connectivity index (χ0) is 12.1. The molecule has 1 aromatic rings. The minimum absolute atomic E-state index is 0.109. The predicted molar refractivity (Wildman–Crippen MR) is 60.7 cm³/mol. The summed E-state index contributed by atoms with van der Waals surface area (Å²) < 4.78 is 6.75. The molecule has 1 aliphatic rings. The van der Waals surface area contributed by atoms with E-state index in [9.17, 15) is 4.79 Å². The average molecular weight is 258 g/mol. The third-order valence-electron chi connectivity index (χ3n) is 2.22. The Bertz CT molecular complexity index is 384. The summed E-state index contributed by atoms with van der Waals surface area (Å²) in [5.41, 5.74) is 0. The number of rotatable bonds is 6. The van der Waals surface area contributed by atoms with Crippen LogP contribution in [0.3, 0.4) is 0 Å². The first-order valence-electron chi connectivity index (χ1n) is 5.27. The van der Waals surface area contributed by atoms with Crippen LogP contribution in [0.4, 0.5) is 4.79 Å². The molecular weight excluding hydrogens is 244 g/mol. The molecule has 1 saturated heterocycles. The fraction of sp³-hybridized carbons (Fsp3) is 0.750. The summed E-state index contributed by atoms with van der Waals surface area (Å²) in [6, 6.07) is 0. The lowest BCUT2D eigenvalue weighted by Gasteiger charge is -2.07. The Morgan fingerprint density at radius 1 is 1.71 bits per heavy atom. The van der Waals surface area contributed by atoms with Crippen LogP contribution in [0.25, 0.3) is 0 Å². The quantitative estimate of drug-likeness (QED) is 0.638. The van der Waals surface area contributed by atoms with Crippen molar-refractivity contribution in [3.05, 3.63) is 0 Å². The van der Waals surface area contributed by atoms with Crippen molar-refractivity contribution in [2.24, 2.45) is 0 Å². The Hall–Kier alpha value is -1.35. The van der Waals surface area contributed by atoms with E-state index >= 15 is 0 Å². The van der Waals surface area contributed by atoms with Gasteiger partial charge < -0.3 is 15.4 Å². The number of carbonyl (C=O) groups is 1. The number of nitrogens with one attached hydrogen (secondary N) is 2. The molecule has 0 aromatic carbocycles. The molecule has 1 unspecified atom stereocenters. The number of cyclic esters (lactones) is 1. The smallest absolute Gasteiger partial charge is 0.407 e. The zero-order valence-electron chi connectivity index (χ0n) is 9.42. The van der Waals surface area contributed by atoms with Crippen LogP contribution < -0.4 is 10.6 Å². The number of nitrogens with zero attached hydrogens (tertiary/aromatic N) is 4. The molecule has 0 bridgehead atoms. The van der Waals surface area contributed by atoms with Gasteiger partial charge in [0.15, 0.2) is 0 Å². The van der Waals surface area contributed by atoms with Gasteiger partial charge in [0, 0.05) is 12.3 Å². The van der Waals surface area contributed by atoms with E-state index in [1.54, 1.807) is 4.68 Å². The summed E-state index contributed by atoms with van der Waals surface area (Å²) in [6.45, 7) is 2.07. The van der Waals surface area contributed by atoms with Gasteiger partial charge in [-0.05, 0) is 17.5 Å². The van der Waals surface area contributed by atoms with Crippen LogP contribution >= 0.6 is 11.8 Å². The highest BCUT2D eigenvalue weighted by Crippen LogP contribution is 2.17. The fourth-order valence-electron chi connectivity index (χ4n) is 1.35. The van der Waals surface area contributed by atoms with E-state index in [0.29, 0.717) is 18.8 Å². The predicted octanol–water partition coefficient (Wildman–Crippen LogP) is -0.907. The summed E-state index contributed by atoms with van der Waals surface area (Å²) in [6.07, 6.45) is -0.465. The minimum atomic E-state index is -0.356. The minimum Gasteiger partial charge on any atom is -0.443 e. The molecule has 8 nitrogen and oxygen atoms in total. The van der Waals surface area contributed by atoms with Gasteiger partial charge in [-0.25, -0.2) is 9.48 Å². The van der Waals surface area contributed by atoms with E-state index in [-0.39, 0.29) is 12.2 Å². The molecule has 9 heteroatoms. The molecule has 1 aromatic heterocycles. The van der Waals surface area contributed by atoms with Crippen LogP contribution in [0.1, 0.15) is 0 Å². The molecule has 94 valence electrons. The summed E-state index contributed by atoms with van der Waals surface area (Å²) in [5.74, 6) is 0.651. The standard InChI is InChI=1S/C8H14N6O2S/c1-9-2-3-14-7(11-12-13-14)17-5-6-4-10-8(15)16-6/h6,9H,2-5H2,1H3,(H,10,15). The number of ether oxygens (including phenoxy) is 1. The zero-order valence-corrected chi connectivity index (χ0v) is 10.2. The first-order chi connectivity index (χ1) is 8.29. The van der Waals surface area contributed by atoms with Gasteiger partial charge in [-0.3, -0.25) is 0 Å². The average Bonchev–Trinajstić information content (AvgIpc) is 2.92. The molecule has 0 spiro atoms. The van der Waals surface area contributed by atoms with Crippen molar-refractivity contribution in [3.8, 4) is 0 Å². The van der Waals surface area contributed by atoms with Gasteiger partial charge >= 0.3 is 6.09 Å². The Kier molecular flexibility index (Phi) is 4.15. The molecule has 1 atom stereocenters. The lowest BCUT2D eigenvalue weighted by Crippen LogP contribution is -2.18. The van der Waals surface area contributed by atoms with Crippen LogP contribution in [0, 0.1) is 0 Å². The first kappa shape index (κ1) is 12.1. The Balaban J connectivity index is 1.82. The van der Waals surface area contributed by atoms with Crippen molar-refractivity contribution in [1.29, 1.82) is 0 Å². The van der Waals surface area contributed by atoms with Gasteiger partial charge in [0.1, 0.15) is 6.10 Å². The molecular formula is C8H14N6O2S. The molecule has 0 aliphatic carbocycles. The van der Waals surface area contributed by atoms with Crippen molar-refractivity contribution < 1.29 is 9.53 Å². The summed E-state index contributed by atoms with van der Waals surface area (Å²) >= 11 is 1.49. The Morgan fingerprint density at radius 2 is 2.59 bits per heavy atom. The van der Waals surface area contributed by atoms with E-state index in [2.05, 4.69) is 26.2 Å². The Morgan fingerprint density at radius 3 is 3.29 bits per heavy atom. The van der Waals surface area contributed by atoms with E-state index in [1.165, 1.54) is 11.8 Å². The molecule has 2 rings (SSSR count). The lowest BCUT2D eigenvalue weighted by molar-refractivity contribution is 0.150. The summed E-state index contributed by atoms with van der Waals surface area (Å²) in [5, 5.41) is 17.8. The second kappa shape index (κ2) is 5.82. The molecule has 1 fully saturated rings. The van der Waals surface area contributed by atoms with Gasteiger partial charge in [0.25, 0.3) is 0 Å². The lowest BCUT2D eigenvalue weighted by atomic mass is 10.4. The number of aromatic nitrogens is 4. The van der Waals surface area contributed by atoms with E-state index in [4.69, 9.17) is 4.74 Å². The van der Waals surface area contributed by atoms with Gasteiger partial charge in [-0.1, -0.05) is 11.8 Å². The normalized spacial score (nSPS) is 19.1. The third-order valence-corrected chi connectivity index (χ3v) is 3.31. The molecule has 2 heterocycles. The topological polar surface area (TPSA) is 94.0 Å². The molecule has 17 heavy (non-hydrogen) atoms. The number of amides is 1. The maximum atomic E-state index is 10.8. The van der Waals surface area contributed by atoms with Crippen molar-refractivity contribution in [1.82, 2.24) is 30.8 Å². The van der Waals surface area contributed by atoms with Crippen molar-refractivity contribution in [2.45, 2.75) is 17.8 Å². The molecule has 1 aliphatic heterocycles. The fourth-order valence-corrected chi connectivity index (χ4v) is 2.24. The third kappa shape index (κ3) is 3.30. The number of thioether (sulfide) groups is 1. The van der Waals surface area contributed by atoms with E-state index in [1.807, 2.05) is 7.05 Å². The molecule has 1 amide bonds. The van der Waals surface area contributed by atoms with E-state index in [0.717, 1.165) is 11.7 Å². The number of hydrogen-bond donors (Lipinski definition) is 2. The number of hydrogen-bond acceptors (Lipinski definition) is 7. The maximum Gasteiger partial charge on any atom is 0.407 e. The van der Waals surface area contributed by atoms with E-state index < -0.39 is 0 Å². The second-order valence-electron chi connectivity index (χ2n) is 3.51. The summed E-state index contributed by atoms with van der Waals surface area (Å²) in [4.78, 5) is 10.8. The Labute approximate surface area is 102 Å². The van der Waals surface area contributed by atoms with Crippen molar-refractivity contribution >= 4 is 17.9 Å². The van der Waals surface area contributed by atoms with Crippen LogP contribution in [0.5, 0.6) is 0 Å². The monoisotopic (exact) mass is 258 g/mol. The number of alkyl carbamates (subject to hydrolysis) is 1. The number of carbonyl (C=O) groups excluding carboxylic acids is 1. The van der Waals surface area contributed by atoms with Crippen LogP contribution in [-0.4, -0.2) is 58.3 Å². The maximum absolute atomic E-state index is 10.8. The summed E-state index contributed by atoms with van der Waals surface area (Å²) in [7, 11) is 1.88. The van der Waals surface area contributed by atoms with Gasteiger partial charge in [-0.15, -0.1) is 5.10 Å². The highest BCUT2D eigenvalue weighted by Gasteiger charge is 2.23. The molecule has 0 radical (unpaired) electrons. The second-order valence-corrected chi connectivity index (χ2v) is 4.49. The van der Waals surface area contributed by atoms with Crippen LogP contribution in [0.15, 0.2) is 5.16 Å². The highest BCUT2D eigenvalue weighted by atomic mass is 32.2. The first-order valence-corrected chi connectivity index (χ1v) is 6.26. The van der Waals surface area contributed by atoms with Gasteiger partial charge in [-0.2, -0.15) is 0 Å². The molecule has 2 N–H and O–H groups in total. The number of likely N-dealkylation sites (N-methyl/N-ethyl adjacent to an activating group) is 1. The van der Waals surface area contributed by atoms with Crippen LogP contribution in [0.2, 0.25) is 0 Å². The highest BCUT2D eigenvalue weighted by molar-refractivity contribution is 7.99. The largest absolute Gasteiger partial charge is 0.443 e.